The Morgan fingerprint density at radius 2 is 1.68 bits per heavy atom. The lowest BCUT2D eigenvalue weighted by molar-refractivity contribution is 0.102. The molecule has 0 bridgehead atoms. The monoisotopic (exact) mass is 331 g/mol. The molecule has 3 rings (SSSR count). The molecule has 0 heterocycles. The highest BCUT2D eigenvalue weighted by Gasteiger charge is 2.09. The van der Waals surface area contributed by atoms with E-state index in [1.807, 2.05) is 74.5 Å². The van der Waals surface area contributed by atoms with Crippen molar-refractivity contribution in [1.82, 2.24) is 0 Å². The molecule has 3 aromatic rings. The van der Waals surface area contributed by atoms with Crippen LogP contribution in [0.5, 0.6) is 5.75 Å². The fourth-order valence-electron chi connectivity index (χ4n) is 2.55. The summed E-state index contributed by atoms with van der Waals surface area (Å²) >= 11 is 0. The number of amides is 1. The van der Waals surface area contributed by atoms with Gasteiger partial charge in [0.05, 0.1) is 0 Å². The second kappa shape index (κ2) is 7.67. The smallest absolute Gasteiger partial charge is 0.255 e. The van der Waals surface area contributed by atoms with E-state index in [4.69, 9.17) is 4.74 Å². The molecule has 0 aliphatic carbocycles. The second-order valence-electron chi connectivity index (χ2n) is 6.00. The maximum atomic E-state index is 12.5. The molecule has 1 amide bonds. The lowest BCUT2D eigenvalue weighted by Crippen LogP contribution is -2.13. The van der Waals surface area contributed by atoms with Crippen molar-refractivity contribution >= 4 is 11.6 Å². The van der Waals surface area contributed by atoms with E-state index >= 15 is 0 Å². The highest BCUT2D eigenvalue weighted by atomic mass is 16.5. The first kappa shape index (κ1) is 16.8. The highest BCUT2D eigenvalue weighted by Crippen LogP contribution is 2.20. The topological polar surface area (TPSA) is 38.3 Å². The van der Waals surface area contributed by atoms with Crippen LogP contribution in [0.25, 0.3) is 0 Å². The summed E-state index contributed by atoms with van der Waals surface area (Å²) in [7, 11) is 0. The molecule has 0 saturated heterocycles. The quantitative estimate of drug-likeness (QED) is 0.703. The van der Waals surface area contributed by atoms with Crippen LogP contribution < -0.4 is 10.1 Å². The summed E-state index contributed by atoms with van der Waals surface area (Å²) < 4.78 is 5.80. The zero-order valence-electron chi connectivity index (χ0n) is 14.5. The van der Waals surface area contributed by atoms with Crippen molar-refractivity contribution < 1.29 is 9.53 Å². The average Bonchev–Trinajstić information content (AvgIpc) is 2.65. The van der Waals surface area contributed by atoms with Gasteiger partial charge in [-0.3, -0.25) is 4.79 Å². The Balaban J connectivity index is 1.70. The summed E-state index contributed by atoms with van der Waals surface area (Å²) in [5, 5.41) is 2.97. The van der Waals surface area contributed by atoms with Gasteiger partial charge in [0.15, 0.2) is 0 Å². The van der Waals surface area contributed by atoms with Gasteiger partial charge < -0.3 is 10.1 Å². The highest BCUT2D eigenvalue weighted by molar-refractivity contribution is 6.04. The van der Waals surface area contributed by atoms with E-state index in [0.29, 0.717) is 17.9 Å². The first-order valence-corrected chi connectivity index (χ1v) is 8.28. The molecule has 0 aliphatic rings. The number of carbonyl (C=O) groups excluding carboxylic acids is 1. The van der Waals surface area contributed by atoms with Crippen LogP contribution in [-0.4, -0.2) is 5.91 Å². The Hall–Kier alpha value is -3.07. The summed E-state index contributed by atoms with van der Waals surface area (Å²) in [4.78, 5) is 12.5. The predicted molar refractivity (Wildman–Crippen MR) is 101 cm³/mol. The number of hydrogen-bond donors (Lipinski definition) is 1. The SMILES string of the molecule is Cc1cccc(NC(=O)c2cccc(OCc3ccccc3)c2)c1C. The van der Waals surface area contributed by atoms with Crippen LogP contribution in [0.2, 0.25) is 0 Å². The van der Waals surface area contributed by atoms with Gasteiger partial charge in [-0.25, -0.2) is 0 Å². The fraction of sp³-hybridized carbons (Fsp3) is 0.136. The van der Waals surface area contributed by atoms with Crippen LogP contribution in [0.15, 0.2) is 72.8 Å². The Labute approximate surface area is 148 Å². The molecule has 0 saturated carbocycles. The Morgan fingerprint density at radius 3 is 2.48 bits per heavy atom. The molecule has 0 radical (unpaired) electrons. The summed E-state index contributed by atoms with van der Waals surface area (Å²) in [5.74, 6) is 0.538. The number of anilines is 1. The minimum Gasteiger partial charge on any atom is -0.489 e. The standard InChI is InChI=1S/C22H21NO2/c1-16-8-6-13-21(17(16)2)23-22(24)19-11-7-12-20(14-19)25-15-18-9-4-3-5-10-18/h3-14H,15H2,1-2H3,(H,23,24). The van der Waals surface area contributed by atoms with Gasteiger partial charge in [0.25, 0.3) is 5.91 Å². The van der Waals surface area contributed by atoms with Crippen LogP contribution in [0.4, 0.5) is 5.69 Å². The van der Waals surface area contributed by atoms with Crippen molar-refractivity contribution in [3.8, 4) is 5.75 Å². The van der Waals surface area contributed by atoms with E-state index in [-0.39, 0.29) is 5.91 Å². The lowest BCUT2D eigenvalue weighted by Gasteiger charge is -2.11. The van der Waals surface area contributed by atoms with Gasteiger partial charge >= 0.3 is 0 Å². The van der Waals surface area contributed by atoms with E-state index < -0.39 is 0 Å². The number of carbonyl (C=O) groups is 1. The van der Waals surface area contributed by atoms with Crippen molar-refractivity contribution in [3.05, 3.63) is 95.1 Å². The van der Waals surface area contributed by atoms with E-state index in [2.05, 4.69) is 5.32 Å². The van der Waals surface area contributed by atoms with E-state index in [1.54, 1.807) is 12.1 Å². The summed E-state index contributed by atoms with van der Waals surface area (Å²) in [6.45, 7) is 4.51. The minimum atomic E-state index is -0.140. The fourth-order valence-corrected chi connectivity index (χ4v) is 2.55. The van der Waals surface area contributed by atoms with Gasteiger partial charge in [-0.2, -0.15) is 0 Å². The average molecular weight is 331 g/mol. The van der Waals surface area contributed by atoms with Crippen molar-refractivity contribution in [2.45, 2.75) is 20.5 Å². The lowest BCUT2D eigenvalue weighted by atomic mass is 10.1. The normalized spacial score (nSPS) is 10.3. The number of ether oxygens (including phenoxy) is 1. The number of rotatable bonds is 5. The van der Waals surface area contributed by atoms with Gasteiger partial charge in [-0.1, -0.05) is 48.5 Å². The van der Waals surface area contributed by atoms with Crippen LogP contribution in [0, 0.1) is 13.8 Å². The molecule has 3 aromatic carbocycles. The minimum absolute atomic E-state index is 0.140. The number of nitrogens with one attached hydrogen (secondary N) is 1. The van der Waals surface area contributed by atoms with Crippen LogP contribution in [0.3, 0.4) is 0 Å². The summed E-state index contributed by atoms with van der Waals surface area (Å²) in [6.07, 6.45) is 0. The number of aryl methyl sites for hydroxylation is 1. The zero-order valence-corrected chi connectivity index (χ0v) is 14.5. The van der Waals surface area contributed by atoms with Crippen molar-refractivity contribution in [1.29, 1.82) is 0 Å². The molecule has 25 heavy (non-hydrogen) atoms. The van der Waals surface area contributed by atoms with Crippen molar-refractivity contribution in [2.24, 2.45) is 0 Å². The van der Waals surface area contributed by atoms with Crippen LogP contribution in [0.1, 0.15) is 27.0 Å². The summed E-state index contributed by atoms with van der Waals surface area (Å²) in [5.41, 5.74) is 4.73. The number of benzene rings is 3. The van der Waals surface area contributed by atoms with Gasteiger partial charge in [0.1, 0.15) is 12.4 Å². The summed E-state index contributed by atoms with van der Waals surface area (Å²) in [6, 6.07) is 23.1. The largest absolute Gasteiger partial charge is 0.489 e. The Kier molecular flexibility index (Phi) is 5.14. The van der Waals surface area contributed by atoms with Crippen molar-refractivity contribution in [3.63, 3.8) is 0 Å². The van der Waals surface area contributed by atoms with E-state index in [0.717, 1.165) is 22.4 Å². The van der Waals surface area contributed by atoms with Gasteiger partial charge in [0.2, 0.25) is 0 Å². The first-order chi connectivity index (χ1) is 12.1. The second-order valence-corrected chi connectivity index (χ2v) is 6.00. The molecule has 0 aromatic heterocycles. The maximum Gasteiger partial charge on any atom is 0.255 e. The molecule has 0 unspecified atom stereocenters. The molecular weight excluding hydrogens is 310 g/mol. The molecule has 0 fully saturated rings. The number of hydrogen-bond acceptors (Lipinski definition) is 2. The van der Waals surface area contributed by atoms with Crippen LogP contribution in [-0.2, 0) is 6.61 Å². The molecule has 0 aliphatic heterocycles. The maximum absolute atomic E-state index is 12.5. The van der Waals surface area contributed by atoms with E-state index in [9.17, 15) is 4.79 Å². The zero-order chi connectivity index (χ0) is 17.6. The molecule has 3 heteroatoms. The molecule has 3 nitrogen and oxygen atoms in total. The molecule has 126 valence electrons. The van der Waals surface area contributed by atoms with Gasteiger partial charge in [-0.15, -0.1) is 0 Å². The van der Waals surface area contributed by atoms with Crippen molar-refractivity contribution in [2.75, 3.05) is 5.32 Å². The van der Waals surface area contributed by atoms with E-state index in [1.165, 1.54) is 0 Å². The van der Waals surface area contributed by atoms with Gasteiger partial charge in [0, 0.05) is 11.3 Å². The molecule has 0 spiro atoms. The first-order valence-electron chi connectivity index (χ1n) is 8.28. The third-order valence-electron chi connectivity index (χ3n) is 4.20. The molecule has 0 atom stereocenters. The predicted octanol–water partition coefficient (Wildman–Crippen LogP) is 5.13. The third kappa shape index (κ3) is 4.27. The van der Waals surface area contributed by atoms with Crippen LogP contribution >= 0.6 is 0 Å². The Bertz CT molecular complexity index is 872. The Morgan fingerprint density at radius 1 is 0.920 bits per heavy atom. The molecular formula is C22H21NO2. The van der Waals surface area contributed by atoms with Gasteiger partial charge in [-0.05, 0) is 54.8 Å². The third-order valence-corrected chi connectivity index (χ3v) is 4.20. The molecule has 1 N–H and O–H groups in total.